The van der Waals surface area contributed by atoms with Gasteiger partial charge in [0.15, 0.2) is 5.78 Å². The summed E-state index contributed by atoms with van der Waals surface area (Å²) >= 11 is 0. The minimum Gasteiger partial charge on any atom is -0.394 e. The Morgan fingerprint density at radius 3 is 1.53 bits per heavy atom. The third-order valence-electron chi connectivity index (χ3n) is 2.34. The normalized spacial score (nSPS) is 11.1. The first-order valence-corrected chi connectivity index (χ1v) is 6.09. The molecule has 0 radical (unpaired) electrons. The largest absolute Gasteiger partial charge is 0.394 e. The minimum atomic E-state index is -0.560. The molecule has 0 amide bonds. The lowest BCUT2D eigenvalue weighted by Crippen LogP contribution is -2.03. The van der Waals surface area contributed by atoms with Gasteiger partial charge in [0.2, 0.25) is 0 Å². The first-order valence-electron chi connectivity index (χ1n) is 6.09. The molecule has 0 saturated carbocycles. The fourth-order valence-electron chi connectivity index (χ4n) is 1.35. The van der Waals surface area contributed by atoms with E-state index in [4.69, 9.17) is 10.2 Å². The number of hydrogen-bond donors (Lipinski definition) is 2. The molecule has 2 rings (SSSR count). The Kier molecular flexibility index (Phi) is 6.50. The number of benzene rings is 2. The molecule has 0 saturated heterocycles. The maximum atomic E-state index is 11.8. The SMILES string of the molecule is CC(O)CO.O=C(c1ccccc1)c1ccccc1. The van der Waals surface area contributed by atoms with Crippen molar-refractivity contribution in [1.82, 2.24) is 0 Å². The van der Waals surface area contributed by atoms with Gasteiger partial charge in [-0.05, 0) is 6.92 Å². The molecular weight excluding hydrogens is 240 g/mol. The Hall–Kier alpha value is -1.97. The van der Waals surface area contributed by atoms with E-state index < -0.39 is 6.10 Å². The zero-order valence-electron chi connectivity index (χ0n) is 10.9. The molecule has 19 heavy (non-hydrogen) atoms. The van der Waals surface area contributed by atoms with Gasteiger partial charge < -0.3 is 10.2 Å². The molecule has 2 aromatic rings. The van der Waals surface area contributed by atoms with E-state index in [1.165, 1.54) is 6.92 Å². The van der Waals surface area contributed by atoms with Gasteiger partial charge in [-0.25, -0.2) is 0 Å². The molecule has 0 aliphatic carbocycles. The molecule has 3 heteroatoms. The van der Waals surface area contributed by atoms with Crippen molar-refractivity contribution in [2.45, 2.75) is 13.0 Å². The van der Waals surface area contributed by atoms with Crippen LogP contribution in [-0.2, 0) is 0 Å². The number of aliphatic hydroxyl groups is 2. The molecule has 0 heterocycles. The zero-order valence-corrected chi connectivity index (χ0v) is 10.9. The topological polar surface area (TPSA) is 57.5 Å². The van der Waals surface area contributed by atoms with Crippen LogP contribution < -0.4 is 0 Å². The first-order chi connectivity index (χ1) is 9.15. The predicted octanol–water partition coefficient (Wildman–Crippen LogP) is 2.28. The van der Waals surface area contributed by atoms with Gasteiger partial charge in [0.1, 0.15) is 0 Å². The maximum Gasteiger partial charge on any atom is 0.193 e. The summed E-state index contributed by atoms with van der Waals surface area (Å²) in [6.07, 6.45) is -0.560. The average Bonchev–Trinajstić information content (AvgIpc) is 2.49. The van der Waals surface area contributed by atoms with Crippen molar-refractivity contribution in [2.24, 2.45) is 0 Å². The smallest absolute Gasteiger partial charge is 0.193 e. The zero-order chi connectivity index (χ0) is 14.1. The number of carbonyl (C=O) groups excluding carboxylic acids is 1. The van der Waals surface area contributed by atoms with E-state index in [0.717, 1.165) is 11.1 Å². The second-order valence-electron chi connectivity index (χ2n) is 4.09. The molecule has 0 fully saturated rings. The summed E-state index contributed by atoms with van der Waals surface area (Å²) in [6, 6.07) is 18.6. The monoisotopic (exact) mass is 258 g/mol. The van der Waals surface area contributed by atoms with E-state index in [0.29, 0.717) is 0 Å². The highest BCUT2D eigenvalue weighted by Crippen LogP contribution is 2.08. The van der Waals surface area contributed by atoms with E-state index >= 15 is 0 Å². The van der Waals surface area contributed by atoms with E-state index in [1.54, 1.807) is 0 Å². The Morgan fingerprint density at radius 2 is 1.26 bits per heavy atom. The summed E-state index contributed by atoms with van der Waals surface area (Å²) < 4.78 is 0. The second-order valence-corrected chi connectivity index (χ2v) is 4.09. The maximum absolute atomic E-state index is 11.8. The van der Waals surface area contributed by atoms with Crippen molar-refractivity contribution in [2.75, 3.05) is 6.61 Å². The fourth-order valence-corrected chi connectivity index (χ4v) is 1.35. The molecule has 0 aromatic heterocycles. The number of rotatable bonds is 3. The van der Waals surface area contributed by atoms with Crippen molar-refractivity contribution >= 4 is 5.78 Å². The molecule has 3 nitrogen and oxygen atoms in total. The quantitative estimate of drug-likeness (QED) is 0.830. The van der Waals surface area contributed by atoms with Crippen LogP contribution in [0.2, 0.25) is 0 Å². The Labute approximate surface area is 113 Å². The van der Waals surface area contributed by atoms with E-state index in [2.05, 4.69) is 0 Å². The van der Waals surface area contributed by atoms with Crippen LogP contribution in [0.1, 0.15) is 22.8 Å². The predicted molar refractivity (Wildman–Crippen MR) is 75.1 cm³/mol. The van der Waals surface area contributed by atoms with Crippen LogP contribution in [0.25, 0.3) is 0 Å². The van der Waals surface area contributed by atoms with Gasteiger partial charge in [0.05, 0.1) is 12.7 Å². The van der Waals surface area contributed by atoms with Gasteiger partial charge in [0, 0.05) is 11.1 Å². The number of aliphatic hydroxyl groups excluding tert-OH is 2. The van der Waals surface area contributed by atoms with E-state index in [-0.39, 0.29) is 12.4 Å². The van der Waals surface area contributed by atoms with Gasteiger partial charge in [-0.2, -0.15) is 0 Å². The van der Waals surface area contributed by atoms with Gasteiger partial charge in [-0.15, -0.1) is 0 Å². The van der Waals surface area contributed by atoms with Crippen molar-refractivity contribution < 1.29 is 15.0 Å². The molecule has 0 aliphatic rings. The van der Waals surface area contributed by atoms with Crippen molar-refractivity contribution in [3.05, 3.63) is 71.8 Å². The first kappa shape index (κ1) is 15.1. The van der Waals surface area contributed by atoms with Gasteiger partial charge >= 0.3 is 0 Å². The summed E-state index contributed by atoms with van der Waals surface area (Å²) in [5.41, 5.74) is 1.47. The second kappa shape index (κ2) is 8.19. The molecule has 0 aliphatic heterocycles. The van der Waals surface area contributed by atoms with Gasteiger partial charge in [-0.3, -0.25) is 4.79 Å². The van der Waals surface area contributed by atoms with E-state index in [9.17, 15) is 4.79 Å². The number of hydrogen-bond acceptors (Lipinski definition) is 3. The van der Waals surface area contributed by atoms with Crippen LogP contribution in [0.5, 0.6) is 0 Å². The highest BCUT2D eigenvalue weighted by atomic mass is 16.3. The summed E-state index contributed by atoms with van der Waals surface area (Å²) in [6.45, 7) is 1.39. The lowest BCUT2D eigenvalue weighted by atomic mass is 10.0. The van der Waals surface area contributed by atoms with Crippen LogP contribution in [0, 0.1) is 0 Å². The lowest BCUT2D eigenvalue weighted by molar-refractivity contribution is 0.103. The fraction of sp³-hybridized carbons (Fsp3) is 0.188. The van der Waals surface area contributed by atoms with Crippen LogP contribution in [0.3, 0.4) is 0 Å². The molecule has 100 valence electrons. The van der Waals surface area contributed by atoms with Crippen LogP contribution in [-0.4, -0.2) is 28.7 Å². The van der Waals surface area contributed by atoms with Gasteiger partial charge in [0.25, 0.3) is 0 Å². The number of ketones is 1. The summed E-state index contributed by atoms with van der Waals surface area (Å²) in [5, 5.41) is 16.0. The molecule has 0 bridgehead atoms. The molecule has 1 unspecified atom stereocenters. The Bertz CT molecular complexity index is 436. The third-order valence-corrected chi connectivity index (χ3v) is 2.34. The average molecular weight is 258 g/mol. The highest BCUT2D eigenvalue weighted by Gasteiger charge is 2.06. The Balaban J connectivity index is 0.000000312. The van der Waals surface area contributed by atoms with Gasteiger partial charge in [-0.1, -0.05) is 60.7 Å². The molecule has 2 N–H and O–H groups in total. The minimum absolute atomic E-state index is 0.0752. The standard InChI is InChI=1S/C13H10O.C3H8O2/c14-13(11-7-3-1-4-8-11)12-9-5-2-6-10-12;1-3(5)2-4/h1-10H;3-5H,2H2,1H3. The summed E-state index contributed by atoms with van der Waals surface area (Å²) in [4.78, 5) is 11.8. The third kappa shape index (κ3) is 5.46. The highest BCUT2D eigenvalue weighted by molar-refractivity contribution is 6.08. The Morgan fingerprint density at radius 1 is 0.947 bits per heavy atom. The molecule has 2 aromatic carbocycles. The van der Waals surface area contributed by atoms with Crippen molar-refractivity contribution in [3.8, 4) is 0 Å². The lowest BCUT2D eigenvalue weighted by Gasteiger charge is -1.99. The van der Waals surface area contributed by atoms with Crippen LogP contribution in [0.15, 0.2) is 60.7 Å². The summed E-state index contributed by atoms with van der Waals surface area (Å²) in [5.74, 6) is 0.0752. The molecule has 0 spiro atoms. The molecule has 1 atom stereocenters. The summed E-state index contributed by atoms with van der Waals surface area (Å²) in [7, 11) is 0. The van der Waals surface area contributed by atoms with Crippen LogP contribution >= 0.6 is 0 Å². The van der Waals surface area contributed by atoms with E-state index in [1.807, 2.05) is 60.7 Å². The van der Waals surface area contributed by atoms with Crippen LogP contribution in [0.4, 0.5) is 0 Å². The number of carbonyl (C=O) groups is 1. The van der Waals surface area contributed by atoms with Crippen molar-refractivity contribution in [3.63, 3.8) is 0 Å². The van der Waals surface area contributed by atoms with Crippen molar-refractivity contribution in [1.29, 1.82) is 0 Å². The molecular formula is C16H18O3.